The Bertz CT molecular complexity index is 344. The van der Waals surface area contributed by atoms with Crippen LogP contribution in [0.4, 0.5) is 0 Å². The van der Waals surface area contributed by atoms with Gasteiger partial charge in [0, 0.05) is 17.9 Å². The molecule has 0 unspecified atom stereocenters. The SMILES string of the molecule is CC(C)c1cccc(C(=O)CCCCCl)c1. The summed E-state index contributed by atoms with van der Waals surface area (Å²) in [5, 5.41) is 0. The number of Topliss-reactive ketones (excluding diaryl/α,β-unsaturated/α-hetero) is 1. The second kappa shape index (κ2) is 6.70. The Hall–Kier alpha value is -0.820. The molecule has 0 spiro atoms. The zero-order valence-electron chi connectivity index (χ0n) is 10.0. The normalized spacial score (nSPS) is 10.8. The minimum Gasteiger partial charge on any atom is -0.294 e. The highest BCUT2D eigenvalue weighted by molar-refractivity contribution is 6.17. The van der Waals surface area contributed by atoms with Gasteiger partial charge in [0.1, 0.15) is 0 Å². The van der Waals surface area contributed by atoms with Crippen molar-refractivity contribution in [2.45, 2.75) is 39.0 Å². The molecular weight excluding hydrogens is 220 g/mol. The molecule has 0 aliphatic carbocycles. The van der Waals surface area contributed by atoms with Crippen LogP contribution in [0.15, 0.2) is 24.3 Å². The molecule has 0 heterocycles. The van der Waals surface area contributed by atoms with Crippen LogP contribution in [0.5, 0.6) is 0 Å². The van der Waals surface area contributed by atoms with Crippen LogP contribution in [-0.4, -0.2) is 11.7 Å². The summed E-state index contributed by atoms with van der Waals surface area (Å²) in [6.07, 6.45) is 2.40. The molecule has 0 N–H and O–H groups in total. The van der Waals surface area contributed by atoms with Crippen molar-refractivity contribution in [1.29, 1.82) is 0 Å². The van der Waals surface area contributed by atoms with Crippen molar-refractivity contribution in [2.24, 2.45) is 0 Å². The number of hydrogen-bond acceptors (Lipinski definition) is 1. The summed E-state index contributed by atoms with van der Waals surface area (Å²) in [7, 11) is 0. The fourth-order valence-corrected chi connectivity index (χ4v) is 1.78. The van der Waals surface area contributed by atoms with Crippen molar-refractivity contribution in [2.75, 3.05) is 5.88 Å². The van der Waals surface area contributed by atoms with Crippen molar-refractivity contribution in [3.05, 3.63) is 35.4 Å². The minimum absolute atomic E-state index is 0.229. The predicted octanol–water partition coefficient (Wildman–Crippen LogP) is 4.40. The number of benzene rings is 1. The van der Waals surface area contributed by atoms with Crippen LogP contribution in [0.1, 0.15) is 54.9 Å². The number of unbranched alkanes of at least 4 members (excludes halogenated alkanes) is 1. The number of hydrogen-bond donors (Lipinski definition) is 0. The van der Waals surface area contributed by atoms with E-state index in [2.05, 4.69) is 19.9 Å². The molecule has 1 rings (SSSR count). The topological polar surface area (TPSA) is 17.1 Å². The predicted molar refractivity (Wildman–Crippen MR) is 69.4 cm³/mol. The Labute approximate surface area is 103 Å². The van der Waals surface area contributed by atoms with Crippen LogP contribution in [-0.2, 0) is 0 Å². The Morgan fingerprint density at radius 2 is 2.06 bits per heavy atom. The minimum atomic E-state index is 0.229. The fraction of sp³-hybridized carbons (Fsp3) is 0.500. The van der Waals surface area contributed by atoms with E-state index in [1.54, 1.807) is 0 Å². The van der Waals surface area contributed by atoms with Gasteiger partial charge < -0.3 is 0 Å². The number of alkyl halides is 1. The van der Waals surface area contributed by atoms with Crippen molar-refractivity contribution >= 4 is 17.4 Å². The first-order chi connectivity index (χ1) is 7.65. The van der Waals surface area contributed by atoms with Crippen LogP contribution >= 0.6 is 11.6 Å². The monoisotopic (exact) mass is 238 g/mol. The van der Waals surface area contributed by atoms with E-state index < -0.39 is 0 Å². The number of halogens is 1. The zero-order valence-corrected chi connectivity index (χ0v) is 10.8. The first-order valence-electron chi connectivity index (χ1n) is 5.84. The van der Waals surface area contributed by atoms with Crippen LogP contribution in [0.3, 0.4) is 0 Å². The summed E-state index contributed by atoms with van der Waals surface area (Å²) < 4.78 is 0. The number of carbonyl (C=O) groups is 1. The number of ketones is 1. The number of carbonyl (C=O) groups excluding carboxylic acids is 1. The van der Waals surface area contributed by atoms with Gasteiger partial charge in [-0.2, -0.15) is 0 Å². The van der Waals surface area contributed by atoms with Gasteiger partial charge in [0.2, 0.25) is 0 Å². The number of rotatable bonds is 6. The summed E-state index contributed by atoms with van der Waals surface area (Å²) >= 11 is 5.59. The Morgan fingerprint density at radius 1 is 1.31 bits per heavy atom. The molecule has 1 aromatic rings. The molecule has 1 nitrogen and oxygen atoms in total. The lowest BCUT2D eigenvalue weighted by Gasteiger charge is -2.07. The molecule has 16 heavy (non-hydrogen) atoms. The van der Waals surface area contributed by atoms with Crippen molar-refractivity contribution in [3.63, 3.8) is 0 Å². The Balaban J connectivity index is 2.64. The van der Waals surface area contributed by atoms with Crippen LogP contribution in [0.2, 0.25) is 0 Å². The summed E-state index contributed by atoms with van der Waals surface area (Å²) in [5.74, 6) is 1.34. The van der Waals surface area contributed by atoms with E-state index in [-0.39, 0.29) is 5.78 Å². The lowest BCUT2D eigenvalue weighted by Crippen LogP contribution is -2.00. The molecule has 0 aromatic heterocycles. The Morgan fingerprint density at radius 3 is 2.69 bits per heavy atom. The molecule has 0 saturated carbocycles. The molecule has 1 aromatic carbocycles. The van der Waals surface area contributed by atoms with E-state index in [4.69, 9.17) is 11.6 Å². The quantitative estimate of drug-likeness (QED) is 0.408. The third kappa shape index (κ3) is 3.97. The van der Waals surface area contributed by atoms with Gasteiger partial charge in [-0.15, -0.1) is 11.6 Å². The largest absolute Gasteiger partial charge is 0.294 e. The van der Waals surface area contributed by atoms with Crippen LogP contribution in [0, 0.1) is 0 Å². The summed E-state index contributed by atoms with van der Waals surface area (Å²) in [5.41, 5.74) is 2.06. The molecule has 2 heteroatoms. The maximum atomic E-state index is 11.9. The van der Waals surface area contributed by atoms with E-state index in [1.807, 2.05) is 18.2 Å². The fourth-order valence-electron chi connectivity index (χ4n) is 1.60. The smallest absolute Gasteiger partial charge is 0.162 e. The molecule has 0 atom stereocenters. The van der Waals surface area contributed by atoms with Gasteiger partial charge in [-0.3, -0.25) is 4.79 Å². The average molecular weight is 239 g/mol. The van der Waals surface area contributed by atoms with E-state index in [9.17, 15) is 4.79 Å². The lowest BCUT2D eigenvalue weighted by atomic mass is 9.98. The third-order valence-corrected chi connectivity index (χ3v) is 2.93. The van der Waals surface area contributed by atoms with Gasteiger partial charge in [-0.05, 0) is 30.4 Å². The molecule has 88 valence electrons. The van der Waals surface area contributed by atoms with Gasteiger partial charge in [0.05, 0.1) is 0 Å². The van der Waals surface area contributed by atoms with Gasteiger partial charge in [0.15, 0.2) is 5.78 Å². The summed E-state index contributed by atoms with van der Waals surface area (Å²) in [4.78, 5) is 11.9. The summed E-state index contributed by atoms with van der Waals surface area (Å²) in [6, 6.07) is 7.94. The average Bonchev–Trinajstić information content (AvgIpc) is 2.29. The van der Waals surface area contributed by atoms with Gasteiger partial charge >= 0.3 is 0 Å². The molecule has 0 aliphatic rings. The second-order valence-electron chi connectivity index (χ2n) is 4.35. The molecule has 0 saturated heterocycles. The zero-order chi connectivity index (χ0) is 12.0. The maximum absolute atomic E-state index is 11.9. The van der Waals surface area contributed by atoms with Gasteiger partial charge in [0.25, 0.3) is 0 Å². The molecular formula is C14H19ClO. The molecule has 0 fully saturated rings. The van der Waals surface area contributed by atoms with Crippen LogP contribution in [0.25, 0.3) is 0 Å². The molecule has 0 bridgehead atoms. The lowest BCUT2D eigenvalue weighted by molar-refractivity contribution is 0.0980. The highest BCUT2D eigenvalue weighted by Gasteiger charge is 2.07. The van der Waals surface area contributed by atoms with Crippen molar-refractivity contribution in [3.8, 4) is 0 Å². The van der Waals surface area contributed by atoms with E-state index >= 15 is 0 Å². The first kappa shape index (κ1) is 13.2. The van der Waals surface area contributed by atoms with E-state index in [0.29, 0.717) is 18.2 Å². The van der Waals surface area contributed by atoms with Gasteiger partial charge in [-0.1, -0.05) is 32.0 Å². The Kier molecular flexibility index (Phi) is 5.54. The second-order valence-corrected chi connectivity index (χ2v) is 4.73. The summed E-state index contributed by atoms with van der Waals surface area (Å²) in [6.45, 7) is 4.27. The molecule has 0 aliphatic heterocycles. The molecule has 0 radical (unpaired) electrons. The van der Waals surface area contributed by atoms with Crippen molar-refractivity contribution < 1.29 is 4.79 Å². The highest BCUT2D eigenvalue weighted by atomic mass is 35.5. The van der Waals surface area contributed by atoms with E-state index in [1.165, 1.54) is 5.56 Å². The van der Waals surface area contributed by atoms with Crippen LogP contribution < -0.4 is 0 Å². The first-order valence-corrected chi connectivity index (χ1v) is 6.37. The van der Waals surface area contributed by atoms with E-state index in [0.717, 1.165) is 18.4 Å². The standard InChI is InChI=1S/C14H19ClO/c1-11(2)12-6-5-7-13(10-12)14(16)8-3-4-9-15/h5-7,10-11H,3-4,8-9H2,1-2H3. The highest BCUT2D eigenvalue weighted by Crippen LogP contribution is 2.17. The van der Waals surface area contributed by atoms with Gasteiger partial charge in [-0.25, -0.2) is 0 Å². The molecule has 0 amide bonds. The third-order valence-electron chi connectivity index (χ3n) is 2.66. The van der Waals surface area contributed by atoms with Crippen molar-refractivity contribution in [1.82, 2.24) is 0 Å². The maximum Gasteiger partial charge on any atom is 0.162 e.